The zero-order valence-electron chi connectivity index (χ0n) is 9.23. The molecule has 0 aliphatic heterocycles. The van der Waals surface area contributed by atoms with Crippen LogP contribution in [0, 0.1) is 5.82 Å². The number of benzene rings is 1. The molecule has 0 aliphatic carbocycles. The molecule has 0 atom stereocenters. The number of carbonyl (C=O) groups is 1. The van der Waals surface area contributed by atoms with E-state index in [0.29, 0.717) is 0 Å². The van der Waals surface area contributed by atoms with Gasteiger partial charge in [-0.1, -0.05) is 29.3 Å². The summed E-state index contributed by atoms with van der Waals surface area (Å²) in [5.74, 6) is -2.60. The molecule has 0 saturated heterocycles. The molecule has 0 spiro atoms. The first-order chi connectivity index (χ1) is 8.99. The van der Waals surface area contributed by atoms with E-state index in [1.807, 2.05) is 0 Å². The number of hydrogen-bond donors (Lipinski definition) is 1. The van der Waals surface area contributed by atoms with Crippen LogP contribution in [0.1, 0.15) is 10.4 Å². The maximum Gasteiger partial charge on any atom is 0.341 e. The summed E-state index contributed by atoms with van der Waals surface area (Å²) >= 11 is 11.3. The monoisotopic (exact) mass is 301 g/mol. The third-order valence-corrected chi connectivity index (χ3v) is 2.68. The molecule has 19 heavy (non-hydrogen) atoms. The molecule has 1 aromatic heterocycles. The highest BCUT2D eigenvalue weighted by molar-refractivity contribution is 6.30. The van der Waals surface area contributed by atoms with E-state index < -0.39 is 11.8 Å². The minimum absolute atomic E-state index is 0.0300. The van der Waals surface area contributed by atoms with E-state index in [9.17, 15) is 9.18 Å². The standard InChI is InChI=1S/C12H6Cl2FNO3/c13-7-2-1-3-8(10(7)15)19-11-6(12(17)18)4-5-9(14)16-11/h1-5H,(H,17,18). The second-order valence-electron chi connectivity index (χ2n) is 3.45. The van der Waals surface area contributed by atoms with Gasteiger partial charge >= 0.3 is 5.97 Å². The third-order valence-electron chi connectivity index (χ3n) is 2.18. The maximum atomic E-state index is 13.7. The van der Waals surface area contributed by atoms with Gasteiger partial charge in [0.05, 0.1) is 5.02 Å². The molecule has 98 valence electrons. The Kier molecular flexibility index (Phi) is 3.87. The number of nitrogens with zero attached hydrogens (tertiary/aromatic N) is 1. The molecule has 0 radical (unpaired) electrons. The molecule has 1 N–H and O–H groups in total. The molecule has 0 saturated carbocycles. The van der Waals surface area contributed by atoms with Crippen LogP contribution in [0.5, 0.6) is 11.6 Å². The summed E-state index contributed by atoms with van der Waals surface area (Å²) in [5, 5.41) is 8.86. The smallest absolute Gasteiger partial charge is 0.341 e. The van der Waals surface area contributed by atoms with Crippen molar-refractivity contribution in [2.75, 3.05) is 0 Å². The van der Waals surface area contributed by atoms with E-state index in [-0.39, 0.29) is 27.4 Å². The first-order valence-corrected chi connectivity index (χ1v) is 5.76. The van der Waals surface area contributed by atoms with Crippen LogP contribution in [0.15, 0.2) is 30.3 Å². The Morgan fingerprint density at radius 3 is 2.68 bits per heavy atom. The Morgan fingerprint density at radius 2 is 2.00 bits per heavy atom. The summed E-state index contributed by atoms with van der Waals surface area (Å²) in [7, 11) is 0. The minimum atomic E-state index is -1.26. The zero-order chi connectivity index (χ0) is 14.0. The maximum absolute atomic E-state index is 13.7. The van der Waals surface area contributed by atoms with Gasteiger partial charge in [-0.15, -0.1) is 0 Å². The highest BCUT2D eigenvalue weighted by atomic mass is 35.5. The molecule has 0 unspecified atom stereocenters. The summed E-state index contributed by atoms with van der Waals surface area (Å²) in [5.41, 5.74) is -0.233. The number of pyridine rings is 1. The first-order valence-electron chi connectivity index (χ1n) is 5.00. The van der Waals surface area contributed by atoms with Crippen LogP contribution in [0.25, 0.3) is 0 Å². The van der Waals surface area contributed by atoms with Crippen molar-refractivity contribution in [1.29, 1.82) is 0 Å². The number of aromatic nitrogens is 1. The Bertz CT molecular complexity index is 649. The van der Waals surface area contributed by atoms with E-state index in [2.05, 4.69) is 4.98 Å². The van der Waals surface area contributed by atoms with E-state index in [4.69, 9.17) is 33.0 Å². The SMILES string of the molecule is O=C(O)c1ccc(Cl)nc1Oc1cccc(Cl)c1F. The van der Waals surface area contributed by atoms with Gasteiger partial charge in [0.25, 0.3) is 0 Å². The fourth-order valence-electron chi connectivity index (χ4n) is 1.33. The van der Waals surface area contributed by atoms with Gasteiger partial charge in [0.2, 0.25) is 5.88 Å². The molecule has 0 bridgehead atoms. The summed E-state index contributed by atoms with van der Waals surface area (Å²) in [6, 6.07) is 6.62. The summed E-state index contributed by atoms with van der Waals surface area (Å²) in [4.78, 5) is 14.7. The lowest BCUT2D eigenvalue weighted by atomic mass is 10.2. The van der Waals surface area contributed by atoms with Gasteiger partial charge in [-0.05, 0) is 24.3 Å². The van der Waals surface area contributed by atoms with E-state index >= 15 is 0 Å². The molecule has 2 aromatic rings. The molecule has 1 aromatic carbocycles. The van der Waals surface area contributed by atoms with Gasteiger partial charge < -0.3 is 9.84 Å². The van der Waals surface area contributed by atoms with Crippen molar-refractivity contribution in [3.8, 4) is 11.6 Å². The number of hydrogen-bond acceptors (Lipinski definition) is 3. The van der Waals surface area contributed by atoms with Gasteiger partial charge in [-0.2, -0.15) is 0 Å². The molecule has 2 rings (SSSR count). The Balaban J connectivity index is 2.45. The van der Waals surface area contributed by atoms with Crippen molar-refractivity contribution in [2.24, 2.45) is 0 Å². The summed E-state index contributed by atoms with van der Waals surface area (Å²) in [6.07, 6.45) is 0. The van der Waals surface area contributed by atoms with Gasteiger partial charge in [-0.3, -0.25) is 0 Å². The van der Waals surface area contributed by atoms with Crippen molar-refractivity contribution in [3.05, 3.63) is 51.9 Å². The average molecular weight is 302 g/mol. The number of aromatic carboxylic acids is 1. The van der Waals surface area contributed by atoms with Crippen molar-refractivity contribution >= 4 is 29.2 Å². The number of rotatable bonds is 3. The topological polar surface area (TPSA) is 59.4 Å². The molecule has 1 heterocycles. The predicted octanol–water partition coefficient (Wildman–Crippen LogP) is 4.02. The molecule has 7 heteroatoms. The Hall–Kier alpha value is -1.85. The van der Waals surface area contributed by atoms with Crippen molar-refractivity contribution in [3.63, 3.8) is 0 Å². The van der Waals surface area contributed by atoms with Gasteiger partial charge in [0.1, 0.15) is 10.7 Å². The zero-order valence-corrected chi connectivity index (χ0v) is 10.7. The van der Waals surface area contributed by atoms with E-state index in [0.717, 1.165) is 0 Å². The molecule has 0 amide bonds. The summed E-state index contributed by atoms with van der Waals surface area (Å²) in [6.45, 7) is 0. The van der Waals surface area contributed by atoms with Crippen LogP contribution >= 0.6 is 23.2 Å². The lowest BCUT2D eigenvalue weighted by Gasteiger charge is -2.09. The number of carboxylic acids is 1. The van der Waals surface area contributed by atoms with Crippen LogP contribution in [-0.4, -0.2) is 16.1 Å². The molecular formula is C12H6Cl2FNO3. The predicted molar refractivity (Wildman–Crippen MR) is 67.7 cm³/mol. The second-order valence-corrected chi connectivity index (χ2v) is 4.24. The highest BCUT2D eigenvalue weighted by Crippen LogP contribution is 2.30. The van der Waals surface area contributed by atoms with Crippen molar-refractivity contribution in [2.45, 2.75) is 0 Å². The minimum Gasteiger partial charge on any atom is -0.477 e. The van der Waals surface area contributed by atoms with Crippen LogP contribution < -0.4 is 4.74 Å². The molecule has 4 nitrogen and oxygen atoms in total. The second kappa shape index (κ2) is 5.42. The van der Waals surface area contributed by atoms with E-state index in [1.165, 1.54) is 30.3 Å². The van der Waals surface area contributed by atoms with Gasteiger partial charge in [0.15, 0.2) is 11.6 Å². The fourth-order valence-corrected chi connectivity index (χ4v) is 1.63. The Labute approximate surface area is 117 Å². The lowest BCUT2D eigenvalue weighted by Crippen LogP contribution is -2.02. The lowest BCUT2D eigenvalue weighted by molar-refractivity contribution is 0.0693. The van der Waals surface area contributed by atoms with Crippen molar-refractivity contribution < 1.29 is 19.0 Å². The number of carboxylic acid groups (broad SMARTS) is 1. The summed E-state index contributed by atoms with van der Waals surface area (Å²) < 4.78 is 18.8. The van der Waals surface area contributed by atoms with Crippen LogP contribution in [0.4, 0.5) is 4.39 Å². The van der Waals surface area contributed by atoms with Gasteiger partial charge in [-0.25, -0.2) is 14.2 Å². The molecule has 0 aliphatic rings. The van der Waals surface area contributed by atoms with Crippen molar-refractivity contribution in [1.82, 2.24) is 4.98 Å². The van der Waals surface area contributed by atoms with E-state index in [1.54, 1.807) is 0 Å². The average Bonchev–Trinajstić information content (AvgIpc) is 2.35. The highest BCUT2D eigenvalue weighted by Gasteiger charge is 2.16. The Morgan fingerprint density at radius 1 is 1.26 bits per heavy atom. The molecular weight excluding hydrogens is 296 g/mol. The normalized spacial score (nSPS) is 10.3. The fraction of sp³-hybridized carbons (Fsp3) is 0. The van der Waals surface area contributed by atoms with Crippen LogP contribution in [0.2, 0.25) is 10.2 Å². The number of halogens is 3. The first kappa shape index (κ1) is 13.6. The largest absolute Gasteiger partial charge is 0.477 e. The van der Waals surface area contributed by atoms with Crippen LogP contribution in [-0.2, 0) is 0 Å². The quantitative estimate of drug-likeness (QED) is 0.870. The number of ether oxygens (including phenoxy) is 1. The van der Waals surface area contributed by atoms with Crippen LogP contribution in [0.3, 0.4) is 0 Å². The van der Waals surface area contributed by atoms with Gasteiger partial charge in [0, 0.05) is 0 Å². The third kappa shape index (κ3) is 2.94. The molecule has 0 fully saturated rings.